The maximum absolute atomic E-state index is 13.2. The first-order valence-corrected chi connectivity index (χ1v) is 11.5. The van der Waals surface area contributed by atoms with Crippen molar-refractivity contribution in [1.29, 1.82) is 0 Å². The number of anilines is 1. The Bertz CT molecular complexity index is 1380. The van der Waals surface area contributed by atoms with Crippen LogP contribution in [0.3, 0.4) is 0 Å². The van der Waals surface area contributed by atoms with Crippen molar-refractivity contribution in [3.63, 3.8) is 0 Å². The smallest absolute Gasteiger partial charge is 0.265 e. The number of sulfonamides is 1. The van der Waals surface area contributed by atoms with Gasteiger partial charge in [-0.05, 0) is 38.1 Å². The summed E-state index contributed by atoms with van der Waals surface area (Å²) < 4.78 is 40.9. The highest BCUT2D eigenvalue weighted by molar-refractivity contribution is 7.92. The van der Waals surface area contributed by atoms with Crippen LogP contribution >= 0.6 is 0 Å². The number of hydrogen-bond donors (Lipinski definition) is 1. The summed E-state index contributed by atoms with van der Waals surface area (Å²) in [4.78, 5) is 0.0752. The summed E-state index contributed by atoms with van der Waals surface area (Å²) in [5.41, 5.74) is 2.75. The molecule has 9 nitrogen and oxygen atoms in total. The minimum absolute atomic E-state index is 0.0752. The van der Waals surface area contributed by atoms with Crippen LogP contribution in [0.1, 0.15) is 11.4 Å². The molecular formula is C23H23N5O4S. The largest absolute Gasteiger partial charge is 0.493 e. The average Bonchev–Trinajstić information content (AvgIpc) is 3.14. The molecule has 0 saturated carbocycles. The Hall–Kier alpha value is -3.92. The number of aryl methyl sites for hydroxylation is 1. The van der Waals surface area contributed by atoms with Gasteiger partial charge in [0.2, 0.25) is 0 Å². The first kappa shape index (κ1) is 22.3. The van der Waals surface area contributed by atoms with Crippen LogP contribution in [-0.2, 0) is 10.0 Å². The van der Waals surface area contributed by atoms with Crippen LogP contribution in [0.15, 0.2) is 65.6 Å². The zero-order chi connectivity index (χ0) is 23.6. The number of hydrogen-bond acceptors (Lipinski definition) is 7. The molecule has 0 saturated heterocycles. The Morgan fingerprint density at radius 1 is 0.879 bits per heavy atom. The Morgan fingerprint density at radius 2 is 1.61 bits per heavy atom. The Kier molecular flexibility index (Phi) is 6.01. The maximum atomic E-state index is 13.2. The maximum Gasteiger partial charge on any atom is 0.265 e. The normalized spacial score (nSPS) is 11.3. The van der Waals surface area contributed by atoms with Crippen LogP contribution in [0.4, 0.5) is 5.69 Å². The lowest BCUT2D eigenvalue weighted by Crippen LogP contribution is -2.15. The van der Waals surface area contributed by atoms with Crippen molar-refractivity contribution in [3.8, 4) is 28.6 Å². The van der Waals surface area contributed by atoms with Gasteiger partial charge in [0, 0.05) is 11.6 Å². The topological polar surface area (TPSA) is 108 Å². The van der Waals surface area contributed by atoms with E-state index in [1.807, 2.05) is 36.4 Å². The van der Waals surface area contributed by atoms with E-state index in [0.29, 0.717) is 40.1 Å². The molecule has 0 radical (unpaired) electrons. The van der Waals surface area contributed by atoms with Gasteiger partial charge in [0.25, 0.3) is 10.0 Å². The second-order valence-electron chi connectivity index (χ2n) is 7.23. The van der Waals surface area contributed by atoms with Crippen LogP contribution in [0, 0.1) is 13.8 Å². The van der Waals surface area contributed by atoms with Gasteiger partial charge >= 0.3 is 0 Å². The molecular weight excluding hydrogens is 442 g/mol. The number of aromatic nitrogens is 4. The fraction of sp³-hybridized carbons (Fsp3) is 0.174. The molecule has 0 aliphatic heterocycles. The summed E-state index contributed by atoms with van der Waals surface area (Å²) in [6.45, 7) is 3.31. The number of nitrogens with one attached hydrogen (secondary N) is 1. The van der Waals surface area contributed by atoms with E-state index >= 15 is 0 Å². The van der Waals surface area contributed by atoms with Crippen LogP contribution in [0.5, 0.6) is 11.5 Å². The van der Waals surface area contributed by atoms with Crippen molar-refractivity contribution in [2.24, 2.45) is 0 Å². The Labute approximate surface area is 192 Å². The molecule has 0 amide bonds. The second kappa shape index (κ2) is 8.91. The van der Waals surface area contributed by atoms with Crippen LogP contribution in [0.2, 0.25) is 0 Å². The van der Waals surface area contributed by atoms with E-state index in [-0.39, 0.29) is 4.90 Å². The highest BCUT2D eigenvalue weighted by Crippen LogP contribution is 2.31. The third-order valence-electron chi connectivity index (χ3n) is 5.07. The molecule has 4 aromatic rings. The van der Waals surface area contributed by atoms with E-state index in [1.54, 1.807) is 38.1 Å². The van der Waals surface area contributed by atoms with Gasteiger partial charge in [0.1, 0.15) is 4.90 Å². The number of methoxy groups -OCH3 is 2. The third kappa shape index (κ3) is 4.37. The zero-order valence-electron chi connectivity index (χ0n) is 18.6. The highest BCUT2D eigenvalue weighted by atomic mass is 32.2. The molecule has 0 fully saturated rings. The van der Waals surface area contributed by atoms with E-state index < -0.39 is 10.0 Å². The molecule has 2 aromatic heterocycles. The molecule has 4 rings (SSSR count). The minimum atomic E-state index is -3.94. The third-order valence-corrected chi connectivity index (χ3v) is 6.70. The molecule has 170 valence electrons. The first-order chi connectivity index (χ1) is 15.8. The molecule has 0 bridgehead atoms. The first-order valence-electron chi connectivity index (χ1n) is 10.0. The number of benzene rings is 2. The van der Waals surface area contributed by atoms with E-state index in [9.17, 15) is 8.42 Å². The fourth-order valence-corrected chi connectivity index (χ4v) is 4.99. The van der Waals surface area contributed by atoms with Crippen molar-refractivity contribution in [2.45, 2.75) is 18.7 Å². The monoisotopic (exact) mass is 465 g/mol. The highest BCUT2D eigenvalue weighted by Gasteiger charge is 2.26. The molecule has 0 aliphatic rings. The number of nitrogens with zero attached hydrogens (tertiary/aromatic N) is 4. The standard InChI is InChI=1S/C23H23N5O4S/c1-15-23(33(29,30)27-18-10-12-20(31-3)21(14-18)32-4)16(2)28(26-15)22-13-11-19(24-25-22)17-8-6-5-7-9-17/h5-14,27H,1-4H3. The van der Waals surface area contributed by atoms with E-state index in [4.69, 9.17) is 9.47 Å². The van der Waals surface area contributed by atoms with Crippen LogP contribution in [-0.4, -0.2) is 42.6 Å². The van der Waals surface area contributed by atoms with Crippen LogP contribution < -0.4 is 14.2 Å². The molecule has 1 N–H and O–H groups in total. The van der Waals surface area contributed by atoms with Gasteiger partial charge in [-0.3, -0.25) is 4.72 Å². The predicted octanol–water partition coefficient (Wildman–Crippen LogP) is 3.76. The van der Waals surface area contributed by atoms with Gasteiger partial charge in [-0.25, -0.2) is 13.1 Å². The lowest BCUT2D eigenvalue weighted by molar-refractivity contribution is 0.355. The molecule has 10 heteroatoms. The lowest BCUT2D eigenvalue weighted by atomic mass is 10.1. The van der Waals surface area contributed by atoms with Crippen molar-refractivity contribution in [2.75, 3.05) is 18.9 Å². The molecule has 0 unspecified atom stereocenters. The molecule has 33 heavy (non-hydrogen) atoms. The SMILES string of the molecule is COc1ccc(NS(=O)(=O)c2c(C)nn(-c3ccc(-c4ccccc4)nn3)c2C)cc1OC. The van der Waals surface area contributed by atoms with Gasteiger partial charge in [-0.2, -0.15) is 5.10 Å². The lowest BCUT2D eigenvalue weighted by Gasteiger charge is -2.12. The summed E-state index contributed by atoms with van der Waals surface area (Å²) >= 11 is 0. The van der Waals surface area contributed by atoms with Gasteiger partial charge in [-0.1, -0.05) is 30.3 Å². The minimum Gasteiger partial charge on any atom is -0.493 e. The summed E-state index contributed by atoms with van der Waals surface area (Å²) in [5, 5.41) is 12.9. The molecule has 0 atom stereocenters. The van der Waals surface area contributed by atoms with Gasteiger partial charge in [-0.15, -0.1) is 10.2 Å². The molecule has 0 spiro atoms. The van der Waals surface area contributed by atoms with E-state index in [2.05, 4.69) is 20.0 Å². The number of ether oxygens (including phenoxy) is 2. The Morgan fingerprint density at radius 3 is 2.24 bits per heavy atom. The van der Waals surface area contributed by atoms with Crippen LogP contribution in [0.25, 0.3) is 17.1 Å². The van der Waals surface area contributed by atoms with Crippen molar-refractivity contribution >= 4 is 15.7 Å². The van der Waals surface area contributed by atoms with Crippen molar-refractivity contribution in [1.82, 2.24) is 20.0 Å². The molecule has 2 heterocycles. The van der Waals surface area contributed by atoms with E-state index in [1.165, 1.54) is 18.9 Å². The summed E-state index contributed by atoms with van der Waals surface area (Å²) in [6, 6.07) is 18.0. The van der Waals surface area contributed by atoms with E-state index in [0.717, 1.165) is 5.56 Å². The zero-order valence-corrected chi connectivity index (χ0v) is 19.4. The summed E-state index contributed by atoms with van der Waals surface area (Å²) in [5.74, 6) is 1.33. The van der Waals surface area contributed by atoms with Crippen molar-refractivity contribution < 1.29 is 17.9 Å². The average molecular weight is 466 g/mol. The number of rotatable bonds is 7. The summed E-state index contributed by atoms with van der Waals surface area (Å²) in [6.07, 6.45) is 0. The Balaban J connectivity index is 1.66. The molecule has 0 aliphatic carbocycles. The molecule has 2 aromatic carbocycles. The van der Waals surface area contributed by atoms with Gasteiger partial charge in [0.05, 0.1) is 37.0 Å². The second-order valence-corrected chi connectivity index (χ2v) is 8.85. The van der Waals surface area contributed by atoms with Gasteiger partial charge in [0.15, 0.2) is 17.3 Å². The predicted molar refractivity (Wildman–Crippen MR) is 124 cm³/mol. The quantitative estimate of drug-likeness (QED) is 0.443. The summed E-state index contributed by atoms with van der Waals surface area (Å²) in [7, 11) is -0.939. The van der Waals surface area contributed by atoms with Crippen molar-refractivity contribution in [3.05, 3.63) is 72.1 Å². The van der Waals surface area contributed by atoms with Gasteiger partial charge < -0.3 is 9.47 Å². The fourth-order valence-electron chi connectivity index (χ4n) is 3.55.